The van der Waals surface area contributed by atoms with Crippen molar-refractivity contribution in [2.45, 2.75) is 19.9 Å². The van der Waals surface area contributed by atoms with Crippen LogP contribution in [0.4, 0.5) is 5.69 Å². The number of halogens is 1. The number of para-hydroxylation sites is 1. The van der Waals surface area contributed by atoms with Gasteiger partial charge in [0, 0.05) is 5.69 Å². The van der Waals surface area contributed by atoms with Gasteiger partial charge in [0.15, 0.2) is 0 Å². The first kappa shape index (κ1) is 20.1. The smallest absolute Gasteiger partial charge is 0.253 e. The SMILES string of the molecule is Cc1ccccc1OCC(C)NC(=O)c1ccc(NS(C)(=O)=O)cc1Cl. The molecule has 0 spiro atoms. The highest BCUT2D eigenvalue weighted by molar-refractivity contribution is 7.92. The zero-order chi connectivity index (χ0) is 19.3. The Morgan fingerprint density at radius 3 is 2.54 bits per heavy atom. The summed E-state index contributed by atoms with van der Waals surface area (Å²) in [6, 6.07) is 11.7. The molecule has 1 unspecified atom stereocenters. The molecule has 1 amide bonds. The van der Waals surface area contributed by atoms with E-state index in [-0.39, 0.29) is 22.5 Å². The minimum Gasteiger partial charge on any atom is -0.491 e. The molecule has 0 aliphatic carbocycles. The molecule has 0 fully saturated rings. The number of aryl methyl sites for hydroxylation is 1. The van der Waals surface area contributed by atoms with Gasteiger partial charge in [-0.25, -0.2) is 8.42 Å². The van der Waals surface area contributed by atoms with Crippen molar-refractivity contribution in [3.63, 3.8) is 0 Å². The number of hydrogen-bond acceptors (Lipinski definition) is 4. The van der Waals surface area contributed by atoms with E-state index >= 15 is 0 Å². The molecule has 0 heterocycles. The summed E-state index contributed by atoms with van der Waals surface area (Å²) in [5, 5.41) is 2.96. The number of sulfonamides is 1. The van der Waals surface area contributed by atoms with Crippen LogP contribution in [-0.4, -0.2) is 33.2 Å². The molecule has 0 radical (unpaired) electrons. The standard InChI is InChI=1S/C18H21ClN2O4S/c1-12-6-4-5-7-17(12)25-11-13(2)20-18(22)15-9-8-14(10-16(15)19)21-26(3,23)24/h4-10,13,21H,11H2,1-3H3,(H,20,22). The molecular weight excluding hydrogens is 376 g/mol. The first-order valence-corrected chi connectivity index (χ1v) is 10.2. The Bertz CT molecular complexity index is 900. The van der Waals surface area contributed by atoms with E-state index in [1.54, 1.807) is 0 Å². The van der Waals surface area contributed by atoms with Crippen molar-refractivity contribution < 1.29 is 17.9 Å². The number of benzene rings is 2. The number of ether oxygens (including phenoxy) is 1. The van der Waals surface area contributed by atoms with Crippen LogP contribution >= 0.6 is 11.6 Å². The fourth-order valence-corrected chi connectivity index (χ4v) is 3.07. The Labute approximate surface area is 158 Å². The summed E-state index contributed by atoms with van der Waals surface area (Å²) in [7, 11) is -3.41. The third kappa shape index (κ3) is 5.93. The minimum absolute atomic E-state index is 0.156. The summed E-state index contributed by atoms with van der Waals surface area (Å²) in [5.41, 5.74) is 1.57. The van der Waals surface area contributed by atoms with Crippen LogP contribution in [0, 0.1) is 6.92 Å². The average Bonchev–Trinajstić information content (AvgIpc) is 2.52. The van der Waals surface area contributed by atoms with E-state index in [0.29, 0.717) is 12.3 Å². The molecule has 0 saturated heterocycles. The highest BCUT2D eigenvalue weighted by Crippen LogP contribution is 2.22. The monoisotopic (exact) mass is 396 g/mol. The van der Waals surface area contributed by atoms with Crippen LogP contribution < -0.4 is 14.8 Å². The predicted octanol–water partition coefficient (Wildman–Crippen LogP) is 3.22. The highest BCUT2D eigenvalue weighted by Gasteiger charge is 2.15. The third-order valence-corrected chi connectivity index (χ3v) is 4.40. The molecule has 26 heavy (non-hydrogen) atoms. The van der Waals surface area contributed by atoms with Gasteiger partial charge in [0.25, 0.3) is 5.91 Å². The van der Waals surface area contributed by atoms with E-state index in [1.165, 1.54) is 18.2 Å². The molecule has 1 atom stereocenters. The van der Waals surface area contributed by atoms with Crippen LogP contribution in [0.15, 0.2) is 42.5 Å². The number of nitrogens with one attached hydrogen (secondary N) is 2. The molecule has 0 saturated carbocycles. The lowest BCUT2D eigenvalue weighted by molar-refractivity contribution is 0.0927. The lowest BCUT2D eigenvalue weighted by Crippen LogP contribution is -2.37. The van der Waals surface area contributed by atoms with Gasteiger partial charge in [0.2, 0.25) is 10.0 Å². The van der Waals surface area contributed by atoms with Crippen LogP contribution in [-0.2, 0) is 10.0 Å². The van der Waals surface area contributed by atoms with Crippen molar-refractivity contribution >= 4 is 33.2 Å². The molecule has 0 aliphatic rings. The number of rotatable bonds is 7. The second-order valence-electron chi connectivity index (χ2n) is 6.02. The number of carbonyl (C=O) groups excluding carboxylic acids is 1. The van der Waals surface area contributed by atoms with Crippen molar-refractivity contribution in [1.82, 2.24) is 5.32 Å². The Balaban J connectivity index is 1.97. The normalized spacial score (nSPS) is 12.3. The van der Waals surface area contributed by atoms with Gasteiger partial charge in [-0.05, 0) is 43.7 Å². The highest BCUT2D eigenvalue weighted by atomic mass is 35.5. The molecule has 0 bridgehead atoms. The van der Waals surface area contributed by atoms with Crippen molar-refractivity contribution in [3.8, 4) is 5.75 Å². The van der Waals surface area contributed by atoms with Crippen molar-refractivity contribution in [3.05, 3.63) is 58.6 Å². The molecule has 2 aromatic rings. The van der Waals surface area contributed by atoms with E-state index in [2.05, 4.69) is 10.0 Å². The van der Waals surface area contributed by atoms with E-state index < -0.39 is 10.0 Å². The topological polar surface area (TPSA) is 84.5 Å². The third-order valence-electron chi connectivity index (χ3n) is 3.48. The van der Waals surface area contributed by atoms with Gasteiger partial charge in [-0.1, -0.05) is 29.8 Å². The summed E-state index contributed by atoms with van der Waals surface area (Å²) >= 11 is 6.10. The zero-order valence-electron chi connectivity index (χ0n) is 14.7. The van der Waals surface area contributed by atoms with Crippen LogP contribution in [0.1, 0.15) is 22.8 Å². The molecular formula is C18H21ClN2O4S. The number of hydrogen-bond donors (Lipinski definition) is 2. The van der Waals surface area contributed by atoms with E-state index in [1.807, 2.05) is 38.1 Å². The van der Waals surface area contributed by atoms with E-state index in [0.717, 1.165) is 17.6 Å². The Kier molecular flexibility index (Phi) is 6.50. The molecule has 2 aromatic carbocycles. The molecule has 2 N–H and O–H groups in total. The molecule has 140 valence electrons. The van der Waals surface area contributed by atoms with Gasteiger partial charge < -0.3 is 10.1 Å². The Morgan fingerprint density at radius 2 is 1.92 bits per heavy atom. The number of amides is 1. The summed E-state index contributed by atoms with van der Waals surface area (Å²) in [4.78, 5) is 12.4. The summed E-state index contributed by atoms with van der Waals surface area (Å²) < 4.78 is 30.5. The van der Waals surface area contributed by atoms with Gasteiger partial charge in [-0.2, -0.15) is 0 Å². The Hall–Kier alpha value is -2.25. The van der Waals surface area contributed by atoms with Crippen molar-refractivity contribution in [2.24, 2.45) is 0 Å². The Morgan fingerprint density at radius 1 is 1.23 bits per heavy atom. The van der Waals surface area contributed by atoms with E-state index in [9.17, 15) is 13.2 Å². The maximum absolute atomic E-state index is 12.4. The second-order valence-corrected chi connectivity index (χ2v) is 8.18. The molecule has 8 heteroatoms. The molecule has 2 rings (SSSR count). The average molecular weight is 397 g/mol. The largest absolute Gasteiger partial charge is 0.491 e. The quantitative estimate of drug-likeness (QED) is 0.752. The van der Waals surface area contributed by atoms with E-state index in [4.69, 9.17) is 16.3 Å². The summed E-state index contributed by atoms with van der Waals surface area (Å²) in [6.45, 7) is 4.08. The maximum atomic E-state index is 12.4. The second kappa shape index (κ2) is 8.42. The van der Waals surface area contributed by atoms with Crippen LogP contribution in [0.3, 0.4) is 0 Å². The maximum Gasteiger partial charge on any atom is 0.253 e. The summed E-state index contributed by atoms with van der Waals surface area (Å²) in [5.74, 6) is 0.407. The minimum atomic E-state index is -3.41. The van der Waals surface area contributed by atoms with Gasteiger partial charge >= 0.3 is 0 Å². The first-order chi connectivity index (χ1) is 12.2. The van der Waals surface area contributed by atoms with Gasteiger partial charge in [-0.3, -0.25) is 9.52 Å². The molecule has 0 aromatic heterocycles. The van der Waals surface area contributed by atoms with Gasteiger partial charge in [0.1, 0.15) is 12.4 Å². The van der Waals surface area contributed by atoms with Crippen molar-refractivity contribution in [1.29, 1.82) is 0 Å². The fraction of sp³-hybridized carbons (Fsp3) is 0.278. The van der Waals surface area contributed by atoms with Gasteiger partial charge in [-0.15, -0.1) is 0 Å². The fourth-order valence-electron chi connectivity index (χ4n) is 2.25. The number of anilines is 1. The van der Waals surface area contributed by atoms with Gasteiger partial charge in [0.05, 0.1) is 22.9 Å². The lowest BCUT2D eigenvalue weighted by atomic mass is 10.2. The molecule has 0 aliphatic heterocycles. The number of carbonyl (C=O) groups is 1. The van der Waals surface area contributed by atoms with Crippen LogP contribution in [0.25, 0.3) is 0 Å². The zero-order valence-corrected chi connectivity index (χ0v) is 16.3. The predicted molar refractivity (Wildman–Crippen MR) is 104 cm³/mol. The van der Waals surface area contributed by atoms with Crippen molar-refractivity contribution in [2.75, 3.05) is 17.6 Å². The molecule has 6 nitrogen and oxygen atoms in total. The first-order valence-electron chi connectivity index (χ1n) is 7.92. The van der Waals surface area contributed by atoms with Crippen LogP contribution in [0.2, 0.25) is 5.02 Å². The lowest BCUT2D eigenvalue weighted by Gasteiger charge is -2.17. The van der Waals surface area contributed by atoms with Crippen LogP contribution in [0.5, 0.6) is 5.75 Å². The summed E-state index contributed by atoms with van der Waals surface area (Å²) in [6.07, 6.45) is 1.04.